The summed E-state index contributed by atoms with van der Waals surface area (Å²) in [6.07, 6.45) is -10.7. The Morgan fingerprint density at radius 2 is 1.38 bits per heavy atom. The quantitative estimate of drug-likeness (QED) is 0.848. The molecule has 0 aliphatic heterocycles. The molecule has 0 heterocycles. The standard InChI is InChI=1S/C11H7F8NO/c12-9(13,11(17,18)19)8(21)20-5-6-1-3-7(4-2-6)10(14,15)16/h1-4H,5H2,(H,20,21). The highest BCUT2D eigenvalue weighted by Crippen LogP contribution is 2.35. The van der Waals surface area contributed by atoms with Gasteiger partial charge in [0.15, 0.2) is 0 Å². The normalized spacial score (nSPS) is 13.1. The summed E-state index contributed by atoms with van der Waals surface area (Å²) in [6.45, 7) is -0.761. The van der Waals surface area contributed by atoms with Crippen LogP contribution in [0.5, 0.6) is 0 Å². The number of halogens is 8. The number of hydrogen-bond acceptors (Lipinski definition) is 1. The second-order valence-electron chi connectivity index (χ2n) is 3.95. The van der Waals surface area contributed by atoms with Gasteiger partial charge in [0.05, 0.1) is 5.56 Å². The monoisotopic (exact) mass is 321 g/mol. The third-order valence-electron chi connectivity index (χ3n) is 2.38. The Balaban J connectivity index is 2.70. The average Bonchev–Trinajstić information content (AvgIpc) is 2.33. The molecule has 10 heteroatoms. The molecule has 1 amide bonds. The van der Waals surface area contributed by atoms with Crippen molar-refractivity contribution in [3.63, 3.8) is 0 Å². The highest BCUT2D eigenvalue weighted by molar-refractivity contribution is 5.84. The molecule has 0 bridgehead atoms. The molecule has 0 unspecified atom stereocenters. The van der Waals surface area contributed by atoms with Crippen LogP contribution >= 0.6 is 0 Å². The topological polar surface area (TPSA) is 29.1 Å². The van der Waals surface area contributed by atoms with Crippen molar-refractivity contribution in [1.82, 2.24) is 5.32 Å². The minimum Gasteiger partial charge on any atom is -0.346 e. The average molecular weight is 321 g/mol. The molecular weight excluding hydrogens is 314 g/mol. The van der Waals surface area contributed by atoms with Crippen LogP contribution in [0.4, 0.5) is 35.1 Å². The Hall–Kier alpha value is -1.87. The minimum absolute atomic E-state index is 0.0608. The third kappa shape index (κ3) is 4.05. The molecule has 0 spiro atoms. The van der Waals surface area contributed by atoms with Gasteiger partial charge in [-0.2, -0.15) is 35.1 Å². The second kappa shape index (κ2) is 5.49. The Labute approximate surface area is 112 Å². The van der Waals surface area contributed by atoms with Crippen molar-refractivity contribution in [3.05, 3.63) is 35.4 Å². The fourth-order valence-corrected chi connectivity index (χ4v) is 1.23. The molecule has 1 N–H and O–H groups in total. The van der Waals surface area contributed by atoms with E-state index in [2.05, 4.69) is 0 Å². The summed E-state index contributed by atoms with van der Waals surface area (Å²) in [5.74, 6) is -8.14. The van der Waals surface area contributed by atoms with Gasteiger partial charge in [0, 0.05) is 6.54 Å². The predicted octanol–water partition coefficient (Wildman–Crippen LogP) is 3.52. The zero-order valence-electron chi connectivity index (χ0n) is 9.95. The first-order valence-electron chi connectivity index (χ1n) is 5.24. The van der Waals surface area contributed by atoms with E-state index in [4.69, 9.17) is 0 Å². The number of carbonyl (C=O) groups excluding carboxylic acids is 1. The van der Waals surface area contributed by atoms with Gasteiger partial charge in [-0.15, -0.1) is 0 Å². The Kier molecular flexibility index (Phi) is 4.49. The summed E-state index contributed by atoms with van der Waals surface area (Å²) in [5, 5.41) is 1.31. The van der Waals surface area contributed by atoms with E-state index in [1.165, 1.54) is 5.32 Å². The SMILES string of the molecule is O=C(NCc1ccc(C(F)(F)F)cc1)C(F)(F)C(F)(F)F. The van der Waals surface area contributed by atoms with Gasteiger partial charge in [0.25, 0.3) is 0 Å². The van der Waals surface area contributed by atoms with Crippen LogP contribution in [0.1, 0.15) is 11.1 Å². The molecule has 0 aliphatic rings. The summed E-state index contributed by atoms with van der Waals surface area (Å²) in [5.41, 5.74) is -1.08. The molecule has 0 aliphatic carbocycles. The Morgan fingerprint density at radius 3 is 1.76 bits per heavy atom. The largest absolute Gasteiger partial charge is 0.463 e. The highest BCUT2D eigenvalue weighted by atomic mass is 19.4. The van der Waals surface area contributed by atoms with Crippen LogP contribution in [0.25, 0.3) is 0 Å². The number of alkyl halides is 8. The molecule has 1 aromatic rings. The predicted molar refractivity (Wildman–Crippen MR) is 54.3 cm³/mol. The molecule has 0 radical (unpaired) electrons. The Morgan fingerprint density at radius 1 is 0.905 bits per heavy atom. The van der Waals surface area contributed by atoms with Crippen LogP contribution in [0.15, 0.2) is 24.3 Å². The van der Waals surface area contributed by atoms with Crippen molar-refractivity contribution in [1.29, 1.82) is 0 Å². The summed E-state index contributed by atoms with van der Waals surface area (Å²) >= 11 is 0. The van der Waals surface area contributed by atoms with E-state index in [1.807, 2.05) is 0 Å². The van der Waals surface area contributed by atoms with Gasteiger partial charge in [0.2, 0.25) is 0 Å². The molecule has 2 nitrogen and oxygen atoms in total. The molecular formula is C11H7F8NO. The molecule has 0 aromatic heterocycles. The van der Waals surface area contributed by atoms with Gasteiger partial charge < -0.3 is 5.32 Å². The molecule has 0 saturated carbocycles. The maximum atomic E-state index is 12.6. The van der Waals surface area contributed by atoms with E-state index in [0.717, 1.165) is 12.1 Å². The molecule has 1 rings (SSSR count). The molecule has 0 atom stereocenters. The first-order chi connectivity index (χ1) is 9.35. The minimum atomic E-state index is -6.04. The summed E-state index contributed by atoms with van der Waals surface area (Å²) in [7, 11) is 0. The summed E-state index contributed by atoms with van der Waals surface area (Å²) in [4.78, 5) is 10.7. The van der Waals surface area contributed by atoms with E-state index in [1.54, 1.807) is 0 Å². The smallest absolute Gasteiger partial charge is 0.346 e. The van der Waals surface area contributed by atoms with Crippen molar-refractivity contribution in [2.75, 3.05) is 0 Å². The zero-order valence-corrected chi connectivity index (χ0v) is 9.95. The van der Waals surface area contributed by atoms with Crippen molar-refractivity contribution in [3.8, 4) is 0 Å². The number of rotatable bonds is 3. The molecule has 21 heavy (non-hydrogen) atoms. The lowest BCUT2D eigenvalue weighted by Crippen LogP contribution is -2.50. The Bertz CT molecular complexity index is 502. The van der Waals surface area contributed by atoms with Gasteiger partial charge in [0.1, 0.15) is 0 Å². The number of hydrogen-bond donors (Lipinski definition) is 1. The first kappa shape index (κ1) is 17.2. The highest BCUT2D eigenvalue weighted by Gasteiger charge is 2.63. The number of carbonyl (C=O) groups is 1. The summed E-state index contributed by atoms with van der Waals surface area (Å²) in [6, 6.07) is 2.94. The van der Waals surface area contributed by atoms with Crippen molar-refractivity contribution >= 4 is 5.91 Å². The van der Waals surface area contributed by atoms with Gasteiger partial charge in [-0.1, -0.05) is 12.1 Å². The maximum absolute atomic E-state index is 12.6. The van der Waals surface area contributed by atoms with Crippen molar-refractivity contribution in [2.45, 2.75) is 24.8 Å². The fourth-order valence-electron chi connectivity index (χ4n) is 1.23. The lowest BCUT2D eigenvalue weighted by molar-refractivity contribution is -0.269. The van der Waals surface area contributed by atoms with Crippen LogP contribution in [-0.2, 0) is 17.5 Å². The number of amides is 1. The van der Waals surface area contributed by atoms with E-state index >= 15 is 0 Å². The van der Waals surface area contributed by atoms with Crippen molar-refractivity contribution in [2.24, 2.45) is 0 Å². The van der Waals surface area contributed by atoms with Gasteiger partial charge in [-0.3, -0.25) is 4.79 Å². The van der Waals surface area contributed by atoms with Crippen LogP contribution < -0.4 is 5.32 Å². The van der Waals surface area contributed by atoms with E-state index in [-0.39, 0.29) is 5.56 Å². The van der Waals surface area contributed by atoms with Gasteiger partial charge in [-0.25, -0.2) is 0 Å². The summed E-state index contributed by atoms with van der Waals surface area (Å²) < 4.78 is 97.4. The lowest BCUT2D eigenvalue weighted by Gasteiger charge is -2.18. The van der Waals surface area contributed by atoms with Gasteiger partial charge in [-0.05, 0) is 17.7 Å². The van der Waals surface area contributed by atoms with Crippen LogP contribution in [0.2, 0.25) is 0 Å². The van der Waals surface area contributed by atoms with Gasteiger partial charge >= 0.3 is 24.2 Å². The second-order valence-corrected chi connectivity index (χ2v) is 3.95. The van der Waals surface area contributed by atoms with Crippen LogP contribution in [0, 0.1) is 0 Å². The molecule has 1 aromatic carbocycles. The van der Waals surface area contributed by atoms with Crippen LogP contribution in [0.3, 0.4) is 0 Å². The lowest BCUT2D eigenvalue weighted by atomic mass is 10.1. The van der Waals surface area contributed by atoms with Crippen LogP contribution in [-0.4, -0.2) is 18.0 Å². The third-order valence-corrected chi connectivity index (χ3v) is 2.38. The van der Waals surface area contributed by atoms with E-state index < -0.39 is 36.3 Å². The number of benzene rings is 1. The molecule has 118 valence electrons. The first-order valence-corrected chi connectivity index (χ1v) is 5.24. The molecule has 0 saturated heterocycles. The van der Waals surface area contributed by atoms with Crippen molar-refractivity contribution < 1.29 is 39.9 Å². The molecule has 0 fully saturated rings. The maximum Gasteiger partial charge on any atom is 0.463 e. The fraction of sp³-hybridized carbons (Fsp3) is 0.364. The van der Waals surface area contributed by atoms with E-state index in [9.17, 15) is 39.9 Å². The van der Waals surface area contributed by atoms with E-state index in [0.29, 0.717) is 12.1 Å². The number of nitrogens with one attached hydrogen (secondary N) is 1. The zero-order chi connectivity index (χ0) is 16.5.